The number of carbonyl (C=O) groups excluding carboxylic acids is 1. The van der Waals surface area contributed by atoms with E-state index in [0.29, 0.717) is 0 Å². The number of nitrogens with zero attached hydrogens (tertiary/aromatic N) is 1. The van der Waals surface area contributed by atoms with Crippen molar-refractivity contribution in [3.8, 4) is 0 Å². The SMILES string of the molecule is O=C1CC(S(=O)(=O)F)CN1c1cc(F)c(Br)c(F)c1. The smallest absolute Gasteiger partial charge is 0.307 e. The Morgan fingerprint density at radius 2 is 1.79 bits per heavy atom. The van der Waals surface area contributed by atoms with Crippen LogP contribution in [0.25, 0.3) is 0 Å². The summed E-state index contributed by atoms with van der Waals surface area (Å²) < 4.78 is 60.6. The molecule has 0 bridgehead atoms. The lowest BCUT2D eigenvalue weighted by Gasteiger charge is -2.16. The molecule has 0 saturated carbocycles. The van der Waals surface area contributed by atoms with Gasteiger partial charge in [0.25, 0.3) is 0 Å². The van der Waals surface area contributed by atoms with Crippen LogP contribution in [-0.4, -0.2) is 26.1 Å². The Morgan fingerprint density at radius 1 is 1.26 bits per heavy atom. The van der Waals surface area contributed by atoms with Crippen LogP contribution in [0.3, 0.4) is 0 Å². The molecule has 1 fully saturated rings. The molecule has 0 spiro atoms. The fraction of sp³-hybridized carbons (Fsp3) is 0.300. The van der Waals surface area contributed by atoms with Crippen LogP contribution in [0, 0.1) is 11.6 Å². The predicted octanol–water partition coefficient (Wildman–Crippen LogP) is 2.13. The number of anilines is 1. The summed E-state index contributed by atoms with van der Waals surface area (Å²) in [4.78, 5) is 12.4. The van der Waals surface area contributed by atoms with Gasteiger partial charge in [0.05, 0.1) is 4.47 Å². The zero-order valence-electron chi connectivity index (χ0n) is 9.24. The Balaban J connectivity index is 2.36. The summed E-state index contributed by atoms with van der Waals surface area (Å²) in [5.74, 6) is -2.57. The van der Waals surface area contributed by atoms with Crippen LogP contribution < -0.4 is 4.90 Å². The summed E-state index contributed by atoms with van der Waals surface area (Å²) in [6, 6.07) is 1.75. The molecule has 1 aromatic rings. The highest BCUT2D eigenvalue weighted by atomic mass is 79.9. The van der Waals surface area contributed by atoms with Crippen LogP contribution in [0.4, 0.5) is 18.4 Å². The van der Waals surface area contributed by atoms with Crippen LogP contribution in [0.2, 0.25) is 0 Å². The largest absolute Gasteiger partial charge is 0.311 e. The molecule has 0 aromatic heterocycles. The number of hydrogen-bond donors (Lipinski definition) is 0. The summed E-state index contributed by atoms with van der Waals surface area (Å²) in [6.45, 7) is -0.460. The fourth-order valence-corrected chi connectivity index (χ4v) is 2.71. The average Bonchev–Trinajstić information content (AvgIpc) is 2.67. The van der Waals surface area contributed by atoms with Crippen molar-refractivity contribution in [2.45, 2.75) is 11.7 Å². The van der Waals surface area contributed by atoms with Crippen LogP contribution in [0.1, 0.15) is 6.42 Å². The minimum atomic E-state index is -4.86. The molecule has 1 unspecified atom stereocenters. The topological polar surface area (TPSA) is 54.5 Å². The van der Waals surface area contributed by atoms with Crippen LogP contribution >= 0.6 is 15.9 Å². The molecule has 9 heteroatoms. The van der Waals surface area contributed by atoms with Gasteiger partial charge < -0.3 is 4.90 Å². The number of amides is 1. The first-order valence-corrected chi connectivity index (χ1v) is 7.32. The Hall–Kier alpha value is -1.09. The third kappa shape index (κ3) is 2.76. The van der Waals surface area contributed by atoms with Crippen molar-refractivity contribution in [3.63, 3.8) is 0 Å². The van der Waals surface area contributed by atoms with E-state index in [4.69, 9.17) is 0 Å². The minimum absolute atomic E-state index is 0.144. The van der Waals surface area contributed by atoms with Crippen molar-refractivity contribution in [2.24, 2.45) is 0 Å². The summed E-state index contributed by atoms with van der Waals surface area (Å²) >= 11 is 2.67. The summed E-state index contributed by atoms with van der Waals surface area (Å²) in [7, 11) is -4.86. The van der Waals surface area contributed by atoms with Gasteiger partial charge in [0.15, 0.2) is 0 Å². The molecule has 1 aromatic carbocycles. The molecule has 1 atom stereocenters. The van der Waals surface area contributed by atoms with E-state index < -0.39 is 50.5 Å². The van der Waals surface area contributed by atoms with Gasteiger partial charge in [-0.25, -0.2) is 8.78 Å². The lowest BCUT2D eigenvalue weighted by Crippen LogP contribution is -2.27. The number of benzene rings is 1. The molecule has 0 aliphatic carbocycles. The molecular formula is C10H7BrF3NO3S. The second-order valence-electron chi connectivity index (χ2n) is 4.03. The molecular weight excluding hydrogens is 351 g/mol. The third-order valence-corrected chi connectivity index (χ3v) is 4.64. The van der Waals surface area contributed by atoms with Crippen molar-refractivity contribution in [1.29, 1.82) is 0 Å². The number of halogens is 4. The number of carbonyl (C=O) groups is 1. The van der Waals surface area contributed by atoms with Crippen molar-refractivity contribution in [3.05, 3.63) is 28.2 Å². The maximum atomic E-state index is 13.3. The molecule has 1 amide bonds. The van der Waals surface area contributed by atoms with Gasteiger partial charge in [-0.15, -0.1) is 3.89 Å². The van der Waals surface area contributed by atoms with E-state index in [0.717, 1.165) is 17.0 Å². The Morgan fingerprint density at radius 3 is 2.21 bits per heavy atom. The standard InChI is InChI=1S/C10H7BrF3NO3S/c11-10-7(12)1-5(2-8(10)13)15-4-6(3-9(15)16)19(14,17)18/h1-2,6H,3-4H2. The van der Waals surface area contributed by atoms with E-state index >= 15 is 0 Å². The maximum Gasteiger partial charge on any atom is 0.307 e. The van der Waals surface area contributed by atoms with Crippen LogP contribution in [0.5, 0.6) is 0 Å². The van der Waals surface area contributed by atoms with Gasteiger partial charge in [-0.05, 0) is 28.1 Å². The van der Waals surface area contributed by atoms with E-state index in [-0.39, 0.29) is 5.69 Å². The molecule has 1 saturated heterocycles. The second-order valence-corrected chi connectivity index (χ2v) is 6.44. The molecule has 104 valence electrons. The zero-order valence-corrected chi connectivity index (χ0v) is 11.6. The van der Waals surface area contributed by atoms with Crippen molar-refractivity contribution in [1.82, 2.24) is 0 Å². The van der Waals surface area contributed by atoms with Crippen molar-refractivity contribution >= 4 is 37.7 Å². The van der Waals surface area contributed by atoms with Crippen molar-refractivity contribution < 1.29 is 25.9 Å². The van der Waals surface area contributed by atoms with Gasteiger partial charge in [0, 0.05) is 18.7 Å². The normalized spacial score (nSPS) is 20.1. The first-order valence-electron chi connectivity index (χ1n) is 5.08. The minimum Gasteiger partial charge on any atom is -0.311 e. The second kappa shape index (κ2) is 4.78. The Bertz CT molecular complexity index is 626. The van der Waals surface area contributed by atoms with E-state index in [1.807, 2.05) is 0 Å². The lowest BCUT2D eigenvalue weighted by molar-refractivity contribution is -0.117. The number of rotatable bonds is 2. The van der Waals surface area contributed by atoms with E-state index in [1.165, 1.54) is 0 Å². The van der Waals surface area contributed by atoms with Gasteiger partial charge in [-0.2, -0.15) is 8.42 Å². The van der Waals surface area contributed by atoms with Gasteiger partial charge in [-0.1, -0.05) is 0 Å². The molecule has 1 aliphatic rings. The monoisotopic (exact) mass is 357 g/mol. The highest BCUT2D eigenvalue weighted by Crippen LogP contribution is 2.30. The average molecular weight is 358 g/mol. The van der Waals surface area contributed by atoms with Gasteiger partial charge in [0.2, 0.25) is 5.91 Å². The van der Waals surface area contributed by atoms with Crippen molar-refractivity contribution in [2.75, 3.05) is 11.4 Å². The summed E-state index contributed by atoms with van der Waals surface area (Å²) in [5.41, 5.74) is -0.144. The summed E-state index contributed by atoms with van der Waals surface area (Å²) in [5, 5.41) is -1.50. The molecule has 2 rings (SSSR count). The van der Waals surface area contributed by atoms with Gasteiger partial charge >= 0.3 is 10.2 Å². The quantitative estimate of drug-likeness (QED) is 0.601. The highest BCUT2D eigenvalue weighted by molar-refractivity contribution is 9.10. The lowest BCUT2D eigenvalue weighted by atomic mass is 10.3. The molecule has 1 heterocycles. The molecule has 0 radical (unpaired) electrons. The molecule has 0 N–H and O–H groups in total. The van der Waals surface area contributed by atoms with Gasteiger partial charge in [0.1, 0.15) is 16.9 Å². The van der Waals surface area contributed by atoms with Gasteiger partial charge in [-0.3, -0.25) is 4.79 Å². The zero-order chi connectivity index (χ0) is 14.4. The van der Waals surface area contributed by atoms with E-state index in [9.17, 15) is 25.9 Å². The van der Waals surface area contributed by atoms with E-state index in [1.54, 1.807) is 0 Å². The maximum absolute atomic E-state index is 13.3. The van der Waals surface area contributed by atoms with Crippen LogP contribution in [-0.2, 0) is 15.0 Å². The fourth-order valence-electron chi connectivity index (χ4n) is 1.81. The summed E-state index contributed by atoms with van der Waals surface area (Å²) in [6.07, 6.45) is -0.544. The molecule has 1 aliphatic heterocycles. The Labute approximate surface area is 115 Å². The molecule has 19 heavy (non-hydrogen) atoms. The first-order chi connectivity index (χ1) is 8.70. The first kappa shape index (κ1) is 14.3. The predicted molar refractivity (Wildman–Crippen MR) is 64.8 cm³/mol. The number of hydrogen-bond acceptors (Lipinski definition) is 3. The van der Waals surface area contributed by atoms with Crippen LogP contribution in [0.15, 0.2) is 16.6 Å². The molecule has 4 nitrogen and oxygen atoms in total. The Kier molecular flexibility index (Phi) is 3.61. The van der Waals surface area contributed by atoms with E-state index in [2.05, 4.69) is 15.9 Å². The third-order valence-electron chi connectivity index (χ3n) is 2.77. The highest BCUT2D eigenvalue weighted by Gasteiger charge is 2.39.